The van der Waals surface area contributed by atoms with Crippen LogP contribution in [0.15, 0.2) is 23.1 Å². The standard InChI is InChI=1S/C9H9NO4S/c1-6-4-7(15-5-9(11)12)2-3-8(6)10(13)14/h2-4H,5H2,1H3,(H,11,12). The Morgan fingerprint density at radius 1 is 1.60 bits per heavy atom. The Labute approximate surface area is 90.3 Å². The first-order chi connectivity index (χ1) is 7.00. The van der Waals surface area contributed by atoms with Crippen molar-refractivity contribution in [1.82, 2.24) is 0 Å². The van der Waals surface area contributed by atoms with Crippen molar-refractivity contribution in [2.24, 2.45) is 0 Å². The van der Waals surface area contributed by atoms with E-state index < -0.39 is 10.9 Å². The molecule has 0 bridgehead atoms. The van der Waals surface area contributed by atoms with E-state index in [1.807, 2.05) is 0 Å². The quantitative estimate of drug-likeness (QED) is 0.484. The van der Waals surface area contributed by atoms with E-state index in [2.05, 4.69) is 0 Å². The second-order valence-electron chi connectivity index (χ2n) is 2.89. The van der Waals surface area contributed by atoms with E-state index in [1.54, 1.807) is 19.1 Å². The highest BCUT2D eigenvalue weighted by atomic mass is 32.2. The van der Waals surface area contributed by atoms with Gasteiger partial charge in [-0.15, -0.1) is 11.8 Å². The van der Waals surface area contributed by atoms with Gasteiger partial charge in [-0.3, -0.25) is 14.9 Å². The molecule has 0 fully saturated rings. The fourth-order valence-electron chi connectivity index (χ4n) is 1.07. The summed E-state index contributed by atoms with van der Waals surface area (Å²) in [5.74, 6) is -0.951. The number of thioether (sulfide) groups is 1. The average molecular weight is 227 g/mol. The summed E-state index contributed by atoms with van der Waals surface area (Å²) in [4.78, 5) is 21.1. The summed E-state index contributed by atoms with van der Waals surface area (Å²) in [5.41, 5.74) is 0.588. The lowest BCUT2D eigenvalue weighted by Crippen LogP contribution is -1.97. The van der Waals surface area contributed by atoms with Crippen LogP contribution in [0.4, 0.5) is 5.69 Å². The molecule has 0 spiro atoms. The molecule has 15 heavy (non-hydrogen) atoms. The van der Waals surface area contributed by atoms with Gasteiger partial charge in [0.05, 0.1) is 10.7 Å². The second kappa shape index (κ2) is 4.79. The molecule has 0 aliphatic heterocycles. The van der Waals surface area contributed by atoms with Crippen molar-refractivity contribution >= 4 is 23.4 Å². The first-order valence-corrected chi connectivity index (χ1v) is 5.09. The van der Waals surface area contributed by atoms with E-state index in [0.29, 0.717) is 5.56 Å². The van der Waals surface area contributed by atoms with E-state index in [4.69, 9.17) is 5.11 Å². The molecular weight excluding hydrogens is 218 g/mol. The van der Waals surface area contributed by atoms with Gasteiger partial charge >= 0.3 is 5.97 Å². The Morgan fingerprint density at radius 3 is 2.73 bits per heavy atom. The van der Waals surface area contributed by atoms with Gasteiger partial charge in [-0.05, 0) is 19.1 Å². The van der Waals surface area contributed by atoms with Crippen LogP contribution >= 0.6 is 11.8 Å². The molecule has 5 nitrogen and oxygen atoms in total. The fraction of sp³-hybridized carbons (Fsp3) is 0.222. The van der Waals surface area contributed by atoms with Crippen LogP contribution in [-0.4, -0.2) is 21.8 Å². The number of hydrogen-bond acceptors (Lipinski definition) is 4. The third-order valence-electron chi connectivity index (χ3n) is 1.73. The number of rotatable bonds is 4. The van der Waals surface area contributed by atoms with E-state index >= 15 is 0 Å². The molecule has 0 radical (unpaired) electrons. The van der Waals surface area contributed by atoms with Crippen molar-refractivity contribution in [1.29, 1.82) is 0 Å². The number of carboxylic acid groups (broad SMARTS) is 1. The highest BCUT2D eigenvalue weighted by molar-refractivity contribution is 8.00. The SMILES string of the molecule is Cc1cc(SCC(=O)O)ccc1[N+](=O)[O-]. The third kappa shape index (κ3) is 3.25. The van der Waals surface area contributed by atoms with Gasteiger partial charge in [0.15, 0.2) is 0 Å². The molecule has 0 saturated heterocycles. The molecule has 0 amide bonds. The Morgan fingerprint density at radius 2 is 2.27 bits per heavy atom. The minimum atomic E-state index is -0.906. The summed E-state index contributed by atoms with van der Waals surface area (Å²) in [6.07, 6.45) is 0. The zero-order valence-electron chi connectivity index (χ0n) is 7.97. The summed E-state index contributed by atoms with van der Waals surface area (Å²) in [7, 11) is 0. The largest absolute Gasteiger partial charge is 0.481 e. The minimum Gasteiger partial charge on any atom is -0.481 e. The summed E-state index contributed by atoms with van der Waals surface area (Å²) in [6.45, 7) is 1.63. The molecule has 0 unspecified atom stereocenters. The monoisotopic (exact) mass is 227 g/mol. The highest BCUT2D eigenvalue weighted by Gasteiger charge is 2.10. The van der Waals surface area contributed by atoms with Crippen LogP contribution in [-0.2, 0) is 4.79 Å². The molecule has 1 rings (SSSR count). The summed E-state index contributed by atoms with van der Waals surface area (Å²) < 4.78 is 0. The number of nitro groups is 1. The van der Waals surface area contributed by atoms with Crippen LogP contribution in [0.3, 0.4) is 0 Å². The summed E-state index contributed by atoms with van der Waals surface area (Å²) in [5, 5.41) is 19.0. The number of aryl methyl sites for hydroxylation is 1. The number of aliphatic carboxylic acids is 1. The zero-order valence-corrected chi connectivity index (χ0v) is 8.78. The Hall–Kier alpha value is -1.56. The van der Waals surface area contributed by atoms with Crippen molar-refractivity contribution in [2.45, 2.75) is 11.8 Å². The van der Waals surface area contributed by atoms with Crippen LogP contribution in [0, 0.1) is 17.0 Å². The van der Waals surface area contributed by atoms with Crippen LogP contribution < -0.4 is 0 Å². The molecular formula is C9H9NO4S. The van der Waals surface area contributed by atoms with E-state index in [-0.39, 0.29) is 11.4 Å². The Balaban J connectivity index is 2.82. The normalized spacial score (nSPS) is 9.93. The molecule has 0 aliphatic carbocycles. The molecule has 0 heterocycles. The zero-order chi connectivity index (χ0) is 11.4. The van der Waals surface area contributed by atoms with Gasteiger partial charge in [0.25, 0.3) is 5.69 Å². The molecule has 1 N–H and O–H groups in total. The van der Waals surface area contributed by atoms with Crippen molar-refractivity contribution < 1.29 is 14.8 Å². The number of benzene rings is 1. The molecule has 6 heteroatoms. The summed E-state index contributed by atoms with van der Waals surface area (Å²) >= 11 is 1.14. The number of hydrogen-bond donors (Lipinski definition) is 1. The van der Waals surface area contributed by atoms with Crippen LogP contribution in [0.25, 0.3) is 0 Å². The topological polar surface area (TPSA) is 80.4 Å². The van der Waals surface area contributed by atoms with Crippen molar-refractivity contribution in [3.8, 4) is 0 Å². The smallest absolute Gasteiger partial charge is 0.313 e. The van der Waals surface area contributed by atoms with Gasteiger partial charge in [-0.1, -0.05) is 0 Å². The maximum absolute atomic E-state index is 10.5. The molecule has 80 valence electrons. The third-order valence-corrected chi connectivity index (χ3v) is 2.71. The predicted octanol–water partition coefficient (Wildman–Crippen LogP) is 2.08. The van der Waals surface area contributed by atoms with Crippen molar-refractivity contribution in [2.75, 3.05) is 5.75 Å². The van der Waals surface area contributed by atoms with Gasteiger partial charge in [0.2, 0.25) is 0 Å². The number of nitro benzene ring substituents is 1. The Bertz CT molecular complexity index is 405. The number of nitrogens with zero attached hydrogens (tertiary/aromatic N) is 1. The Kier molecular flexibility index (Phi) is 3.68. The van der Waals surface area contributed by atoms with E-state index in [1.165, 1.54) is 6.07 Å². The average Bonchev–Trinajstić information content (AvgIpc) is 2.14. The van der Waals surface area contributed by atoms with Gasteiger partial charge in [0.1, 0.15) is 0 Å². The number of carboxylic acids is 1. The lowest BCUT2D eigenvalue weighted by Gasteiger charge is -2.01. The molecule has 1 aromatic carbocycles. The van der Waals surface area contributed by atoms with Gasteiger partial charge in [-0.25, -0.2) is 0 Å². The lowest BCUT2D eigenvalue weighted by atomic mass is 10.2. The van der Waals surface area contributed by atoms with Crippen LogP contribution in [0.5, 0.6) is 0 Å². The maximum atomic E-state index is 10.5. The van der Waals surface area contributed by atoms with E-state index in [0.717, 1.165) is 16.7 Å². The maximum Gasteiger partial charge on any atom is 0.313 e. The van der Waals surface area contributed by atoms with Gasteiger partial charge in [-0.2, -0.15) is 0 Å². The van der Waals surface area contributed by atoms with E-state index in [9.17, 15) is 14.9 Å². The van der Waals surface area contributed by atoms with Gasteiger partial charge < -0.3 is 5.11 Å². The second-order valence-corrected chi connectivity index (χ2v) is 3.94. The molecule has 0 saturated carbocycles. The first kappa shape index (κ1) is 11.5. The molecule has 0 aromatic heterocycles. The predicted molar refractivity (Wildman–Crippen MR) is 56.2 cm³/mol. The van der Waals surface area contributed by atoms with Crippen LogP contribution in [0.1, 0.15) is 5.56 Å². The highest BCUT2D eigenvalue weighted by Crippen LogP contribution is 2.25. The molecule has 1 aromatic rings. The van der Waals surface area contributed by atoms with Crippen molar-refractivity contribution in [3.05, 3.63) is 33.9 Å². The van der Waals surface area contributed by atoms with Gasteiger partial charge in [0, 0.05) is 16.5 Å². The van der Waals surface area contributed by atoms with Crippen LogP contribution in [0.2, 0.25) is 0 Å². The van der Waals surface area contributed by atoms with Crippen molar-refractivity contribution in [3.63, 3.8) is 0 Å². The number of carbonyl (C=O) groups is 1. The minimum absolute atomic E-state index is 0.0444. The fourth-order valence-corrected chi connectivity index (χ4v) is 1.78. The molecule has 0 atom stereocenters. The lowest BCUT2D eigenvalue weighted by molar-refractivity contribution is -0.385. The first-order valence-electron chi connectivity index (χ1n) is 4.10. The molecule has 0 aliphatic rings. The summed E-state index contributed by atoms with van der Waals surface area (Å²) in [6, 6.07) is 4.56.